The van der Waals surface area contributed by atoms with Crippen LogP contribution in [0.1, 0.15) is 11.3 Å². The summed E-state index contributed by atoms with van der Waals surface area (Å²) in [5.41, 5.74) is 3.12. The SMILES string of the molecule is C=CCNC(=O)Cc1csc(-c2ccc(C)cc2)n1. The van der Waals surface area contributed by atoms with Crippen molar-refractivity contribution in [1.82, 2.24) is 10.3 Å². The zero-order chi connectivity index (χ0) is 13.7. The molecule has 0 aliphatic heterocycles. The molecule has 3 nitrogen and oxygen atoms in total. The van der Waals surface area contributed by atoms with Gasteiger partial charge in [-0.25, -0.2) is 4.98 Å². The quantitative estimate of drug-likeness (QED) is 0.850. The van der Waals surface area contributed by atoms with Gasteiger partial charge in [0.25, 0.3) is 0 Å². The van der Waals surface area contributed by atoms with Crippen LogP contribution in [-0.2, 0) is 11.2 Å². The Kier molecular flexibility index (Phi) is 4.47. The Morgan fingerprint density at radius 1 is 1.42 bits per heavy atom. The van der Waals surface area contributed by atoms with Crippen molar-refractivity contribution >= 4 is 17.2 Å². The van der Waals surface area contributed by atoms with Gasteiger partial charge in [0.1, 0.15) is 5.01 Å². The first-order valence-corrected chi connectivity index (χ1v) is 6.96. The predicted molar refractivity (Wildman–Crippen MR) is 79.2 cm³/mol. The Bertz CT molecular complexity index is 572. The highest BCUT2D eigenvalue weighted by Gasteiger charge is 2.08. The number of rotatable bonds is 5. The summed E-state index contributed by atoms with van der Waals surface area (Å²) in [5.74, 6) is -0.0272. The van der Waals surface area contributed by atoms with E-state index in [2.05, 4.69) is 48.1 Å². The molecule has 0 spiro atoms. The molecule has 1 aromatic carbocycles. The lowest BCUT2D eigenvalue weighted by Gasteiger charge is -1.99. The van der Waals surface area contributed by atoms with E-state index in [9.17, 15) is 4.79 Å². The molecule has 0 saturated carbocycles. The minimum absolute atomic E-state index is 0.0272. The Morgan fingerprint density at radius 3 is 2.84 bits per heavy atom. The Balaban J connectivity index is 2.04. The molecule has 4 heteroatoms. The van der Waals surface area contributed by atoms with Gasteiger partial charge in [-0.15, -0.1) is 17.9 Å². The molecular formula is C15H16N2OS. The molecule has 19 heavy (non-hydrogen) atoms. The normalized spacial score (nSPS) is 10.2. The molecule has 98 valence electrons. The second-order valence-electron chi connectivity index (χ2n) is 4.28. The van der Waals surface area contributed by atoms with Crippen molar-refractivity contribution in [2.24, 2.45) is 0 Å². The summed E-state index contributed by atoms with van der Waals surface area (Å²) in [6.45, 7) is 6.11. The van der Waals surface area contributed by atoms with Gasteiger partial charge in [-0.2, -0.15) is 0 Å². The molecule has 0 bridgehead atoms. The van der Waals surface area contributed by atoms with Gasteiger partial charge in [0, 0.05) is 17.5 Å². The van der Waals surface area contributed by atoms with E-state index in [1.54, 1.807) is 17.4 Å². The molecule has 0 atom stereocenters. The van der Waals surface area contributed by atoms with Crippen LogP contribution in [0.15, 0.2) is 42.3 Å². The molecular weight excluding hydrogens is 256 g/mol. The molecule has 0 radical (unpaired) electrons. The van der Waals surface area contributed by atoms with E-state index in [-0.39, 0.29) is 5.91 Å². The minimum atomic E-state index is -0.0272. The van der Waals surface area contributed by atoms with Gasteiger partial charge in [-0.05, 0) is 6.92 Å². The maximum absolute atomic E-state index is 11.6. The number of benzene rings is 1. The third-order valence-corrected chi connectivity index (χ3v) is 3.58. The maximum atomic E-state index is 11.6. The highest BCUT2D eigenvalue weighted by Crippen LogP contribution is 2.24. The van der Waals surface area contributed by atoms with Gasteiger partial charge in [0.05, 0.1) is 12.1 Å². The molecule has 0 aliphatic carbocycles. The van der Waals surface area contributed by atoms with Gasteiger partial charge in [-0.3, -0.25) is 4.79 Å². The number of hydrogen-bond acceptors (Lipinski definition) is 3. The van der Waals surface area contributed by atoms with Crippen molar-refractivity contribution in [2.45, 2.75) is 13.3 Å². The first-order valence-electron chi connectivity index (χ1n) is 6.08. The van der Waals surface area contributed by atoms with Crippen LogP contribution < -0.4 is 5.32 Å². The Morgan fingerprint density at radius 2 is 2.16 bits per heavy atom. The summed E-state index contributed by atoms with van der Waals surface area (Å²) in [4.78, 5) is 16.1. The summed E-state index contributed by atoms with van der Waals surface area (Å²) in [5, 5.41) is 5.63. The van der Waals surface area contributed by atoms with Crippen molar-refractivity contribution in [3.63, 3.8) is 0 Å². The van der Waals surface area contributed by atoms with Crippen LogP contribution in [0.2, 0.25) is 0 Å². The molecule has 0 fully saturated rings. The monoisotopic (exact) mass is 272 g/mol. The fourth-order valence-electron chi connectivity index (χ4n) is 1.63. The molecule has 0 unspecified atom stereocenters. The molecule has 1 aromatic heterocycles. The smallest absolute Gasteiger partial charge is 0.226 e. The van der Waals surface area contributed by atoms with Gasteiger partial charge in [-0.1, -0.05) is 35.9 Å². The minimum Gasteiger partial charge on any atom is -0.352 e. The zero-order valence-corrected chi connectivity index (χ0v) is 11.7. The Hall–Kier alpha value is -1.94. The highest BCUT2D eigenvalue weighted by molar-refractivity contribution is 7.13. The maximum Gasteiger partial charge on any atom is 0.226 e. The molecule has 1 heterocycles. The second kappa shape index (κ2) is 6.29. The largest absolute Gasteiger partial charge is 0.352 e. The fourth-order valence-corrected chi connectivity index (χ4v) is 2.46. The van der Waals surface area contributed by atoms with Crippen LogP contribution >= 0.6 is 11.3 Å². The highest BCUT2D eigenvalue weighted by atomic mass is 32.1. The molecule has 0 saturated heterocycles. The number of thiazole rings is 1. The van der Waals surface area contributed by atoms with E-state index < -0.39 is 0 Å². The topological polar surface area (TPSA) is 42.0 Å². The van der Waals surface area contributed by atoms with E-state index in [1.807, 2.05) is 5.38 Å². The van der Waals surface area contributed by atoms with Crippen LogP contribution in [0.3, 0.4) is 0 Å². The Labute approximate surface area is 117 Å². The third-order valence-electron chi connectivity index (χ3n) is 2.64. The molecule has 2 rings (SSSR count). The first-order chi connectivity index (χ1) is 9.19. The molecule has 2 aromatic rings. The number of carbonyl (C=O) groups is 1. The lowest BCUT2D eigenvalue weighted by atomic mass is 10.2. The molecule has 1 amide bonds. The number of aromatic nitrogens is 1. The van der Waals surface area contributed by atoms with Gasteiger partial charge < -0.3 is 5.32 Å². The van der Waals surface area contributed by atoms with Crippen LogP contribution in [0.4, 0.5) is 0 Å². The number of carbonyl (C=O) groups excluding carboxylic acids is 1. The second-order valence-corrected chi connectivity index (χ2v) is 5.14. The van der Waals surface area contributed by atoms with E-state index in [0.29, 0.717) is 13.0 Å². The van der Waals surface area contributed by atoms with Crippen LogP contribution in [0.25, 0.3) is 10.6 Å². The predicted octanol–water partition coefficient (Wildman–Crippen LogP) is 2.96. The lowest BCUT2D eigenvalue weighted by molar-refractivity contribution is -0.120. The number of nitrogens with zero attached hydrogens (tertiary/aromatic N) is 1. The average molecular weight is 272 g/mol. The van der Waals surface area contributed by atoms with Crippen molar-refractivity contribution in [3.8, 4) is 10.6 Å². The van der Waals surface area contributed by atoms with E-state index >= 15 is 0 Å². The summed E-state index contributed by atoms with van der Waals surface area (Å²) in [6, 6.07) is 8.23. The van der Waals surface area contributed by atoms with Gasteiger partial charge >= 0.3 is 0 Å². The van der Waals surface area contributed by atoms with Gasteiger partial charge in [0.15, 0.2) is 0 Å². The lowest BCUT2D eigenvalue weighted by Crippen LogP contribution is -2.25. The number of aryl methyl sites for hydroxylation is 1. The van der Waals surface area contributed by atoms with Crippen molar-refractivity contribution in [1.29, 1.82) is 0 Å². The van der Waals surface area contributed by atoms with Crippen LogP contribution in [0.5, 0.6) is 0 Å². The van der Waals surface area contributed by atoms with Crippen LogP contribution in [-0.4, -0.2) is 17.4 Å². The van der Waals surface area contributed by atoms with E-state index in [1.165, 1.54) is 5.56 Å². The van der Waals surface area contributed by atoms with Crippen LogP contribution in [0, 0.1) is 6.92 Å². The fraction of sp³-hybridized carbons (Fsp3) is 0.200. The molecule has 1 N–H and O–H groups in total. The summed E-state index contributed by atoms with van der Waals surface area (Å²) in [6.07, 6.45) is 1.98. The number of nitrogens with one attached hydrogen (secondary N) is 1. The number of hydrogen-bond donors (Lipinski definition) is 1. The standard InChI is InChI=1S/C15H16N2OS/c1-3-8-16-14(18)9-13-10-19-15(17-13)12-6-4-11(2)5-7-12/h3-7,10H,1,8-9H2,2H3,(H,16,18). The van der Waals surface area contributed by atoms with Crippen molar-refractivity contribution in [3.05, 3.63) is 53.6 Å². The summed E-state index contributed by atoms with van der Waals surface area (Å²) >= 11 is 1.56. The van der Waals surface area contributed by atoms with Crippen molar-refractivity contribution in [2.75, 3.05) is 6.54 Å². The van der Waals surface area contributed by atoms with Gasteiger partial charge in [0.2, 0.25) is 5.91 Å². The van der Waals surface area contributed by atoms with E-state index in [4.69, 9.17) is 0 Å². The summed E-state index contributed by atoms with van der Waals surface area (Å²) in [7, 11) is 0. The average Bonchev–Trinajstić information content (AvgIpc) is 2.85. The van der Waals surface area contributed by atoms with E-state index in [0.717, 1.165) is 16.3 Å². The zero-order valence-electron chi connectivity index (χ0n) is 10.8. The summed E-state index contributed by atoms with van der Waals surface area (Å²) < 4.78 is 0. The first kappa shape index (κ1) is 13.5. The molecule has 0 aliphatic rings. The van der Waals surface area contributed by atoms with Crippen molar-refractivity contribution < 1.29 is 4.79 Å². The number of amides is 1. The third kappa shape index (κ3) is 3.76.